The van der Waals surface area contributed by atoms with Crippen molar-refractivity contribution >= 4 is 11.6 Å². The lowest BCUT2D eigenvalue weighted by Gasteiger charge is -2.04. The molecule has 2 aromatic heterocycles. The lowest BCUT2D eigenvalue weighted by Crippen LogP contribution is -2.14. The molecule has 0 radical (unpaired) electrons. The van der Waals surface area contributed by atoms with Crippen LogP contribution in [-0.4, -0.2) is 20.7 Å². The number of aryl methyl sites for hydroxylation is 2. The number of rotatable bonds is 3. The van der Waals surface area contributed by atoms with Crippen molar-refractivity contribution in [2.45, 2.75) is 13.3 Å². The van der Waals surface area contributed by atoms with Crippen molar-refractivity contribution in [3.05, 3.63) is 41.7 Å². The Balaban J connectivity index is 2.24. The summed E-state index contributed by atoms with van der Waals surface area (Å²) in [5, 5.41) is 6.83. The largest absolute Gasteiger partial charge is 0.319 e. The molecule has 0 fully saturated rings. The minimum absolute atomic E-state index is 0.0802. The predicted molar refractivity (Wildman–Crippen MR) is 64.7 cm³/mol. The number of nitrogens with zero attached hydrogens (tertiary/aromatic N) is 3. The molecule has 5 nitrogen and oxygen atoms in total. The van der Waals surface area contributed by atoms with Crippen molar-refractivity contribution in [2.24, 2.45) is 7.05 Å². The average Bonchev–Trinajstić information content (AvgIpc) is 2.70. The Morgan fingerprint density at radius 2 is 2.33 bits per heavy atom. The van der Waals surface area contributed by atoms with Crippen LogP contribution in [0, 0.1) is 5.95 Å². The highest BCUT2D eigenvalue weighted by Crippen LogP contribution is 2.15. The number of aromatic nitrogens is 3. The topological polar surface area (TPSA) is 59.8 Å². The molecule has 2 rings (SSSR count). The molecule has 1 amide bonds. The van der Waals surface area contributed by atoms with Gasteiger partial charge in [0.25, 0.3) is 5.91 Å². The first-order chi connectivity index (χ1) is 8.61. The summed E-state index contributed by atoms with van der Waals surface area (Å²) in [4.78, 5) is 15.3. The first kappa shape index (κ1) is 12.2. The van der Waals surface area contributed by atoms with E-state index < -0.39 is 11.9 Å². The van der Waals surface area contributed by atoms with Crippen LogP contribution >= 0.6 is 0 Å². The fourth-order valence-electron chi connectivity index (χ4n) is 1.65. The van der Waals surface area contributed by atoms with Gasteiger partial charge in [0.1, 0.15) is 0 Å². The molecule has 0 aliphatic heterocycles. The van der Waals surface area contributed by atoms with Gasteiger partial charge in [0.05, 0.1) is 16.9 Å². The quantitative estimate of drug-likeness (QED) is 0.842. The van der Waals surface area contributed by atoms with Crippen LogP contribution < -0.4 is 5.32 Å². The summed E-state index contributed by atoms with van der Waals surface area (Å²) in [5.41, 5.74) is 1.27. The third-order valence-electron chi connectivity index (χ3n) is 2.49. The Kier molecular flexibility index (Phi) is 3.36. The third kappa shape index (κ3) is 2.37. The maximum absolute atomic E-state index is 13.3. The van der Waals surface area contributed by atoms with Crippen molar-refractivity contribution in [3.8, 4) is 0 Å². The van der Waals surface area contributed by atoms with E-state index >= 15 is 0 Å². The second-order valence-corrected chi connectivity index (χ2v) is 3.81. The van der Waals surface area contributed by atoms with Gasteiger partial charge in [-0.3, -0.25) is 9.48 Å². The highest BCUT2D eigenvalue weighted by molar-refractivity contribution is 6.04. The Labute approximate surface area is 104 Å². The smallest absolute Gasteiger partial charge is 0.260 e. The number of nitrogens with one attached hydrogen (secondary N) is 1. The summed E-state index contributed by atoms with van der Waals surface area (Å²) in [6.07, 6.45) is 3.67. The van der Waals surface area contributed by atoms with Crippen molar-refractivity contribution < 1.29 is 9.18 Å². The Bertz CT molecular complexity index is 579. The van der Waals surface area contributed by atoms with Gasteiger partial charge in [-0.25, -0.2) is 4.98 Å². The molecule has 0 atom stereocenters. The van der Waals surface area contributed by atoms with E-state index in [4.69, 9.17) is 0 Å². The molecule has 6 heteroatoms. The van der Waals surface area contributed by atoms with E-state index in [2.05, 4.69) is 15.4 Å². The van der Waals surface area contributed by atoms with E-state index in [9.17, 15) is 9.18 Å². The maximum atomic E-state index is 13.3. The number of hydrogen-bond donors (Lipinski definition) is 1. The van der Waals surface area contributed by atoms with Gasteiger partial charge < -0.3 is 5.32 Å². The molecule has 0 unspecified atom stereocenters. The summed E-state index contributed by atoms with van der Waals surface area (Å²) in [5.74, 6) is -1.31. The molecule has 2 aromatic rings. The zero-order valence-electron chi connectivity index (χ0n) is 10.1. The van der Waals surface area contributed by atoms with Crippen LogP contribution in [0.1, 0.15) is 23.0 Å². The SMILES string of the molecule is CCc1nn(C)cc1NC(=O)c1cccnc1F. The number of anilines is 1. The van der Waals surface area contributed by atoms with Crippen LogP contribution in [0.5, 0.6) is 0 Å². The van der Waals surface area contributed by atoms with Crippen molar-refractivity contribution in [3.63, 3.8) is 0 Å². The van der Waals surface area contributed by atoms with Crippen LogP contribution in [0.2, 0.25) is 0 Å². The van der Waals surface area contributed by atoms with Crippen molar-refractivity contribution in [1.82, 2.24) is 14.8 Å². The number of halogens is 1. The molecule has 0 bridgehead atoms. The lowest BCUT2D eigenvalue weighted by atomic mass is 10.2. The lowest BCUT2D eigenvalue weighted by molar-refractivity contribution is 0.102. The fraction of sp³-hybridized carbons (Fsp3) is 0.250. The highest BCUT2D eigenvalue weighted by Gasteiger charge is 2.15. The van der Waals surface area contributed by atoms with E-state index in [-0.39, 0.29) is 5.56 Å². The molecule has 2 heterocycles. The maximum Gasteiger partial charge on any atom is 0.260 e. The van der Waals surface area contributed by atoms with E-state index in [1.54, 1.807) is 17.9 Å². The van der Waals surface area contributed by atoms with Gasteiger partial charge >= 0.3 is 0 Å². The van der Waals surface area contributed by atoms with Gasteiger partial charge in [0.15, 0.2) is 0 Å². The zero-order chi connectivity index (χ0) is 13.1. The van der Waals surface area contributed by atoms with Gasteiger partial charge in [0, 0.05) is 19.4 Å². The van der Waals surface area contributed by atoms with Crippen LogP contribution in [0.3, 0.4) is 0 Å². The molecule has 1 N–H and O–H groups in total. The number of pyridine rings is 1. The monoisotopic (exact) mass is 248 g/mol. The second kappa shape index (κ2) is 4.95. The van der Waals surface area contributed by atoms with Crippen molar-refractivity contribution in [1.29, 1.82) is 0 Å². The van der Waals surface area contributed by atoms with Gasteiger partial charge in [0.2, 0.25) is 5.95 Å². The van der Waals surface area contributed by atoms with Gasteiger partial charge in [-0.05, 0) is 18.6 Å². The standard InChI is InChI=1S/C12H13FN4O/c1-3-9-10(7-17(2)16-9)15-12(18)8-5-4-6-14-11(8)13/h4-7H,3H2,1-2H3,(H,15,18). The summed E-state index contributed by atoms with van der Waals surface area (Å²) >= 11 is 0. The highest BCUT2D eigenvalue weighted by atomic mass is 19.1. The summed E-state index contributed by atoms with van der Waals surface area (Å²) in [6, 6.07) is 2.90. The number of hydrogen-bond acceptors (Lipinski definition) is 3. The number of carbonyl (C=O) groups excluding carboxylic acids is 1. The number of carbonyl (C=O) groups is 1. The molecule has 0 saturated carbocycles. The summed E-state index contributed by atoms with van der Waals surface area (Å²) < 4.78 is 14.9. The van der Waals surface area contributed by atoms with E-state index in [0.29, 0.717) is 12.1 Å². The Morgan fingerprint density at radius 1 is 1.56 bits per heavy atom. The molecule has 0 aliphatic carbocycles. The Hall–Kier alpha value is -2.24. The molecule has 0 aliphatic rings. The van der Waals surface area contributed by atoms with Gasteiger partial charge in [-0.1, -0.05) is 6.92 Å². The van der Waals surface area contributed by atoms with E-state index in [0.717, 1.165) is 5.69 Å². The van der Waals surface area contributed by atoms with E-state index in [1.807, 2.05) is 6.92 Å². The van der Waals surface area contributed by atoms with Crippen LogP contribution in [0.25, 0.3) is 0 Å². The third-order valence-corrected chi connectivity index (χ3v) is 2.49. The predicted octanol–water partition coefficient (Wildman–Crippen LogP) is 1.77. The molecule has 18 heavy (non-hydrogen) atoms. The molecular formula is C12H13FN4O. The summed E-state index contributed by atoms with van der Waals surface area (Å²) in [7, 11) is 1.76. The molecule has 94 valence electrons. The first-order valence-corrected chi connectivity index (χ1v) is 5.56. The van der Waals surface area contributed by atoms with Gasteiger partial charge in [-0.2, -0.15) is 9.49 Å². The minimum Gasteiger partial charge on any atom is -0.319 e. The summed E-state index contributed by atoms with van der Waals surface area (Å²) in [6.45, 7) is 1.93. The molecule has 0 saturated heterocycles. The second-order valence-electron chi connectivity index (χ2n) is 3.81. The zero-order valence-corrected chi connectivity index (χ0v) is 10.1. The minimum atomic E-state index is -0.781. The van der Waals surface area contributed by atoms with Crippen LogP contribution in [-0.2, 0) is 13.5 Å². The molecule has 0 spiro atoms. The fourth-order valence-corrected chi connectivity index (χ4v) is 1.65. The first-order valence-electron chi connectivity index (χ1n) is 5.56. The average molecular weight is 248 g/mol. The molecule has 0 aromatic carbocycles. The Morgan fingerprint density at radius 3 is 3.00 bits per heavy atom. The molecular weight excluding hydrogens is 235 g/mol. The van der Waals surface area contributed by atoms with Crippen molar-refractivity contribution in [2.75, 3.05) is 5.32 Å². The van der Waals surface area contributed by atoms with Crippen LogP contribution in [0.4, 0.5) is 10.1 Å². The van der Waals surface area contributed by atoms with E-state index in [1.165, 1.54) is 18.3 Å². The number of amides is 1. The van der Waals surface area contributed by atoms with Crippen LogP contribution in [0.15, 0.2) is 24.5 Å². The van der Waals surface area contributed by atoms with Gasteiger partial charge in [-0.15, -0.1) is 0 Å². The normalized spacial score (nSPS) is 10.4.